The molecule has 0 bridgehead atoms. The molecule has 5 nitrogen and oxygen atoms in total. The second-order valence-corrected chi connectivity index (χ2v) is 11.3. The first-order valence-electron chi connectivity index (χ1n) is 12.7. The molecule has 1 aromatic carbocycles. The van der Waals surface area contributed by atoms with Gasteiger partial charge in [0, 0.05) is 37.7 Å². The molecule has 1 N–H and O–H groups in total. The van der Waals surface area contributed by atoms with Crippen molar-refractivity contribution in [2.24, 2.45) is 11.8 Å². The van der Waals surface area contributed by atoms with Crippen LogP contribution >= 0.6 is 11.3 Å². The third kappa shape index (κ3) is 6.35. The van der Waals surface area contributed by atoms with Crippen molar-refractivity contribution in [1.29, 1.82) is 0 Å². The van der Waals surface area contributed by atoms with Crippen molar-refractivity contribution >= 4 is 23.0 Å². The Morgan fingerprint density at radius 3 is 2.58 bits per heavy atom. The normalized spacial score (nSPS) is 24.8. The van der Waals surface area contributed by atoms with Crippen LogP contribution in [0.25, 0.3) is 0 Å². The first-order chi connectivity index (χ1) is 17.1. The molecule has 196 valence electrons. The molecule has 1 amide bonds. The van der Waals surface area contributed by atoms with E-state index in [-0.39, 0.29) is 24.3 Å². The van der Waals surface area contributed by atoms with Crippen molar-refractivity contribution in [1.82, 2.24) is 9.88 Å². The molecular formula is C27H33F3N2O3S. The zero-order valence-electron chi connectivity index (χ0n) is 20.5. The lowest BCUT2D eigenvalue weighted by Crippen LogP contribution is -2.32. The number of likely N-dealkylation sites (tertiary alicyclic amines) is 1. The number of ketones is 1. The molecule has 36 heavy (non-hydrogen) atoms. The minimum absolute atomic E-state index is 0.00680. The van der Waals surface area contributed by atoms with Gasteiger partial charge in [0.25, 0.3) is 0 Å². The van der Waals surface area contributed by atoms with Gasteiger partial charge < -0.3 is 10.0 Å². The summed E-state index contributed by atoms with van der Waals surface area (Å²) in [5.41, 5.74) is -1.65. The number of Topliss-reactive ketones (excluding diaryl/α,β-unsaturated/α-hetero) is 1. The Kier molecular flexibility index (Phi) is 8.19. The molecule has 0 spiro atoms. The van der Waals surface area contributed by atoms with Crippen molar-refractivity contribution < 1.29 is 27.9 Å². The molecule has 0 unspecified atom stereocenters. The monoisotopic (exact) mass is 522 g/mol. The van der Waals surface area contributed by atoms with Gasteiger partial charge in [-0.25, -0.2) is 4.98 Å². The van der Waals surface area contributed by atoms with E-state index in [2.05, 4.69) is 11.9 Å². The van der Waals surface area contributed by atoms with Gasteiger partial charge in [-0.15, -0.1) is 11.3 Å². The molecule has 1 atom stereocenters. The molecule has 2 aliphatic rings. The van der Waals surface area contributed by atoms with E-state index in [0.29, 0.717) is 24.9 Å². The number of halogens is 3. The molecule has 1 saturated carbocycles. The zero-order valence-corrected chi connectivity index (χ0v) is 21.3. The fourth-order valence-electron chi connectivity index (χ4n) is 5.44. The SMILES string of the molecule is CCc1ncc(C2(O)CCC(C[C@H]3CCN(C(=O)CCC(=O)c4cccc(C(F)(F)F)c4)C3)CC2)s1. The van der Waals surface area contributed by atoms with E-state index in [1.54, 1.807) is 16.2 Å². The second kappa shape index (κ2) is 11.0. The topological polar surface area (TPSA) is 70.5 Å². The number of rotatable bonds is 8. The van der Waals surface area contributed by atoms with Crippen LogP contribution in [-0.2, 0) is 23.0 Å². The van der Waals surface area contributed by atoms with E-state index in [1.807, 2.05) is 6.20 Å². The van der Waals surface area contributed by atoms with Gasteiger partial charge in [-0.3, -0.25) is 9.59 Å². The lowest BCUT2D eigenvalue weighted by atomic mass is 9.75. The van der Waals surface area contributed by atoms with Crippen LogP contribution in [0.1, 0.15) is 84.1 Å². The van der Waals surface area contributed by atoms with Crippen molar-refractivity contribution in [2.45, 2.75) is 76.5 Å². The van der Waals surface area contributed by atoms with E-state index >= 15 is 0 Å². The van der Waals surface area contributed by atoms with Crippen LogP contribution in [0.15, 0.2) is 30.5 Å². The van der Waals surface area contributed by atoms with E-state index in [9.17, 15) is 27.9 Å². The predicted molar refractivity (Wildman–Crippen MR) is 132 cm³/mol. The standard InChI is InChI=1S/C27H33F3N2O3S/c1-2-24-31-16-23(36-24)26(35)11-8-18(9-12-26)14-19-10-13-32(17-19)25(34)7-6-22(33)20-4-3-5-21(15-20)27(28,29)30/h3-5,15-16,18-19,35H,2,6-14,17H2,1H3/t18?,19-,26?/m1/s1. The first kappa shape index (κ1) is 26.8. The summed E-state index contributed by atoms with van der Waals surface area (Å²) in [6.07, 6.45) is 3.40. The van der Waals surface area contributed by atoms with Crippen LogP contribution in [0.2, 0.25) is 0 Å². The van der Waals surface area contributed by atoms with E-state index in [4.69, 9.17) is 0 Å². The number of aryl methyl sites for hydroxylation is 1. The maximum atomic E-state index is 12.9. The van der Waals surface area contributed by atoms with Crippen molar-refractivity contribution in [2.75, 3.05) is 13.1 Å². The number of aliphatic hydroxyl groups is 1. The molecule has 9 heteroatoms. The maximum absolute atomic E-state index is 12.9. The number of thiazole rings is 1. The van der Waals surface area contributed by atoms with Gasteiger partial charge in [-0.05, 0) is 68.9 Å². The van der Waals surface area contributed by atoms with Crippen LogP contribution < -0.4 is 0 Å². The molecule has 1 saturated heterocycles. The van der Waals surface area contributed by atoms with Crippen LogP contribution in [0.5, 0.6) is 0 Å². The number of amides is 1. The summed E-state index contributed by atoms with van der Waals surface area (Å²) in [6.45, 7) is 3.37. The number of carbonyl (C=O) groups excluding carboxylic acids is 2. The van der Waals surface area contributed by atoms with Gasteiger partial charge in [-0.2, -0.15) is 13.2 Å². The van der Waals surface area contributed by atoms with Crippen LogP contribution in [-0.4, -0.2) is 39.8 Å². The minimum Gasteiger partial charge on any atom is -0.384 e. The highest BCUT2D eigenvalue weighted by atomic mass is 32.1. The van der Waals surface area contributed by atoms with Crippen molar-refractivity contribution in [3.05, 3.63) is 51.5 Å². The zero-order chi connectivity index (χ0) is 25.9. The highest BCUT2D eigenvalue weighted by Crippen LogP contribution is 2.44. The summed E-state index contributed by atoms with van der Waals surface area (Å²) >= 11 is 1.60. The van der Waals surface area contributed by atoms with E-state index in [0.717, 1.165) is 67.0 Å². The Hall–Kier alpha value is -2.26. The highest BCUT2D eigenvalue weighted by molar-refractivity contribution is 7.11. The Morgan fingerprint density at radius 2 is 1.92 bits per heavy atom. The number of aromatic nitrogens is 1. The largest absolute Gasteiger partial charge is 0.416 e. The summed E-state index contributed by atoms with van der Waals surface area (Å²) in [6, 6.07) is 4.36. The first-order valence-corrected chi connectivity index (χ1v) is 13.5. The van der Waals surface area contributed by atoms with Gasteiger partial charge in [0.05, 0.1) is 15.4 Å². The van der Waals surface area contributed by atoms with Gasteiger partial charge in [0.15, 0.2) is 5.78 Å². The molecule has 1 aromatic heterocycles. The minimum atomic E-state index is -4.51. The summed E-state index contributed by atoms with van der Waals surface area (Å²) in [5.74, 6) is 0.352. The molecule has 1 aliphatic carbocycles. The average Bonchev–Trinajstić information content (AvgIpc) is 3.54. The number of hydrogen-bond acceptors (Lipinski definition) is 5. The lowest BCUT2D eigenvalue weighted by molar-refractivity contribution is -0.137. The van der Waals surface area contributed by atoms with Crippen LogP contribution in [0.3, 0.4) is 0 Å². The number of alkyl halides is 3. The fraction of sp³-hybridized carbons (Fsp3) is 0.593. The van der Waals surface area contributed by atoms with Crippen LogP contribution in [0.4, 0.5) is 13.2 Å². The molecule has 0 radical (unpaired) electrons. The lowest BCUT2D eigenvalue weighted by Gasteiger charge is -2.36. The van der Waals surface area contributed by atoms with Crippen molar-refractivity contribution in [3.8, 4) is 0 Å². The van der Waals surface area contributed by atoms with E-state index < -0.39 is 23.1 Å². The van der Waals surface area contributed by atoms with Gasteiger partial charge in [-0.1, -0.05) is 19.1 Å². The molecular weight excluding hydrogens is 489 g/mol. The summed E-state index contributed by atoms with van der Waals surface area (Å²) in [5, 5.41) is 12.2. The highest BCUT2D eigenvalue weighted by Gasteiger charge is 2.38. The maximum Gasteiger partial charge on any atom is 0.416 e. The Labute approximate surface area is 213 Å². The molecule has 1 aliphatic heterocycles. The molecule has 2 aromatic rings. The average molecular weight is 523 g/mol. The summed E-state index contributed by atoms with van der Waals surface area (Å²) < 4.78 is 38.7. The van der Waals surface area contributed by atoms with Crippen LogP contribution in [0, 0.1) is 11.8 Å². The van der Waals surface area contributed by atoms with E-state index in [1.165, 1.54) is 12.1 Å². The number of hydrogen-bond donors (Lipinski definition) is 1. The van der Waals surface area contributed by atoms with Gasteiger partial charge in [0.2, 0.25) is 5.91 Å². The van der Waals surface area contributed by atoms with Gasteiger partial charge in [0.1, 0.15) is 5.60 Å². The number of carbonyl (C=O) groups is 2. The smallest absolute Gasteiger partial charge is 0.384 e. The number of nitrogens with zero attached hydrogens (tertiary/aromatic N) is 2. The Balaban J connectivity index is 1.21. The third-order valence-electron chi connectivity index (χ3n) is 7.63. The second-order valence-electron chi connectivity index (χ2n) is 10.2. The Morgan fingerprint density at radius 1 is 1.17 bits per heavy atom. The third-order valence-corrected chi connectivity index (χ3v) is 8.97. The van der Waals surface area contributed by atoms with Crippen molar-refractivity contribution in [3.63, 3.8) is 0 Å². The predicted octanol–water partition coefficient (Wildman–Crippen LogP) is 6.00. The fourth-order valence-corrected chi connectivity index (χ4v) is 6.44. The summed E-state index contributed by atoms with van der Waals surface area (Å²) in [4.78, 5) is 32.2. The Bertz CT molecular complexity index is 1080. The quantitative estimate of drug-likeness (QED) is 0.432. The number of benzene rings is 1. The molecule has 2 heterocycles. The van der Waals surface area contributed by atoms with Gasteiger partial charge >= 0.3 is 6.18 Å². The summed E-state index contributed by atoms with van der Waals surface area (Å²) in [7, 11) is 0. The molecule has 2 fully saturated rings. The molecule has 4 rings (SSSR count).